The Balaban J connectivity index is 1.52. The predicted molar refractivity (Wildman–Crippen MR) is 107 cm³/mol. The summed E-state index contributed by atoms with van der Waals surface area (Å²) in [5, 5.41) is 9.44. The normalized spacial score (nSPS) is 16.5. The van der Waals surface area contributed by atoms with Crippen LogP contribution in [0.4, 0.5) is 4.39 Å². The average Bonchev–Trinajstić information content (AvgIpc) is 3.23. The summed E-state index contributed by atoms with van der Waals surface area (Å²) in [5.41, 5.74) is 1.89. The molecule has 28 heavy (non-hydrogen) atoms. The highest BCUT2D eigenvalue weighted by molar-refractivity contribution is 7.08. The van der Waals surface area contributed by atoms with Gasteiger partial charge < -0.3 is 15.5 Å². The molecule has 1 fully saturated rings. The maximum Gasteiger partial charge on any atom is 0.309 e. The van der Waals surface area contributed by atoms with E-state index in [1.165, 1.54) is 12.1 Å². The molecule has 0 aliphatic carbocycles. The Bertz CT molecular complexity index is 774. The monoisotopic (exact) mass is 404 g/mol. The number of carbonyl (C=O) groups excluding carboxylic acids is 2. The van der Waals surface area contributed by atoms with Crippen molar-refractivity contribution in [3.63, 3.8) is 0 Å². The van der Waals surface area contributed by atoms with Crippen LogP contribution >= 0.6 is 11.3 Å². The molecule has 3 rings (SSSR count). The van der Waals surface area contributed by atoms with Crippen LogP contribution in [0.3, 0.4) is 0 Å². The zero-order valence-corrected chi connectivity index (χ0v) is 16.7. The Morgan fingerprint density at radius 2 is 1.75 bits per heavy atom. The third-order valence-electron chi connectivity index (χ3n) is 4.94. The lowest BCUT2D eigenvalue weighted by Gasteiger charge is -2.37. The number of hydrogen-bond acceptors (Lipinski definition) is 5. The number of halogens is 1. The highest BCUT2D eigenvalue weighted by Gasteiger charge is 2.25. The number of benzene rings is 1. The Kier molecular flexibility index (Phi) is 7.13. The van der Waals surface area contributed by atoms with Crippen LogP contribution in [0.5, 0.6) is 0 Å². The molecule has 1 aromatic heterocycles. The SMILES string of the molecule is CN1CCN(C(CNC(=O)C(=O)NCc2ccc(F)cc2)c2ccsc2)CC1. The summed E-state index contributed by atoms with van der Waals surface area (Å²) in [6, 6.07) is 7.91. The molecule has 1 aliphatic rings. The Morgan fingerprint density at radius 3 is 2.39 bits per heavy atom. The second kappa shape index (κ2) is 9.77. The lowest BCUT2D eigenvalue weighted by atomic mass is 10.1. The van der Waals surface area contributed by atoms with Gasteiger partial charge in [-0.15, -0.1) is 0 Å². The first-order chi connectivity index (χ1) is 13.5. The number of rotatable bonds is 6. The number of thiophene rings is 1. The second-order valence-corrected chi connectivity index (χ2v) is 7.71. The zero-order valence-electron chi connectivity index (χ0n) is 15.9. The average molecular weight is 405 g/mol. The fraction of sp³-hybridized carbons (Fsp3) is 0.400. The quantitative estimate of drug-likeness (QED) is 0.718. The number of nitrogens with one attached hydrogen (secondary N) is 2. The van der Waals surface area contributed by atoms with Crippen LogP contribution in [0.25, 0.3) is 0 Å². The van der Waals surface area contributed by atoms with Crippen molar-refractivity contribution < 1.29 is 14.0 Å². The third-order valence-corrected chi connectivity index (χ3v) is 5.64. The van der Waals surface area contributed by atoms with Gasteiger partial charge in [0.15, 0.2) is 0 Å². The molecule has 2 N–H and O–H groups in total. The first-order valence-electron chi connectivity index (χ1n) is 9.28. The number of piperazine rings is 1. The highest BCUT2D eigenvalue weighted by Crippen LogP contribution is 2.23. The first-order valence-corrected chi connectivity index (χ1v) is 10.2. The Morgan fingerprint density at radius 1 is 1.07 bits per heavy atom. The smallest absolute Gasteiger partial charge is 0.309 e. The van der Waals surface area contributed by atoms with Gasteiger partial charge in [0.25, 0.3) is 0 Å². The summed E-state index contributed by atoms with van der Waals surface area (Å²) >= 11 is 1.62. The van der Waals surface area contributed by atoms with E-state index in [4.69, 9.17) is 0 Å². The van der Waals surface area contributed by atoms with Gasteiger partial charge in [-0.3, -0.25) is 14.5 Å². The molecule has 0 saturated carbocycles. The number of amides is 2. The number of hydrogen-bond donors (Lipinski definition) is 2. The third kappa shape index (κ3) is 5.60. The van der Waals surface area contributed by atoms with Crippen LogP contribution in [0.1, 0.15) is 17.2 Å². The van der Waals surface area contributed by atoms with Crippen molar-refractivity contribution in [3.05, 3.63) is 58.0 Å². The molecule has 1 aromatic carbocycles. The van der Waals surface area contributed by atoms with Crippen molar-refractivity contribution in [2.45, 2.75) is 12.6 Å². The molecule has 1 aliphatic heterocycles. The summed E-state index contributed by atoms with van der Waals surface area (Å²) in [6.07, 6.45) is 0. The molecule has 6 nitrogen and oxygen atoms in total. The van der Waals surface area contributed by atoms with E-state index in [1.807, 2.05) is 5.38 Å². The van der Waals surface area contributed by atoms with E-state index in [9.17, 15) is 14.0 Å². The van der Waals surface area contributed by atoms with E-state index >= 15 is 0 Å². The van der Waals surface area contributed by atoms with Gasteiger partial charge in [-0.2, -0.15) is 11.3 Å². The van der Waals surface area contributed by atoms with Gasteiger partial charge in [0.05, 0.1) is 6.04 Å². The van der Waals surface area contributed by atoms with E-state index in [-0.39, 0.29) is 18.4 Å². The summed E-state index contributed by atoms with van der Waals surface area (Å²) in [6.45, 7) is 4.36. The second-order valence-electron chi connectivity index (χ2n) is 6.93. The molecule has 0 bridgehead atoms. The standard InChI is InChI=1S/C20H25FN4O2S/c1-24-7-9-25(10-8-24)18(16-6-11-28-14-16)13-23-20(27)19(26)22-12-15-2-4-17(21)5-3-15/h2-6,11,14,18H,7-10,12-13H2,1H3,(H,22,26)(H,23,27). The molecule has 0 radical (unpaired) electrons. The zero-order chi connectivity index (χ0) is 19.9. The van der Waals surface area contributed by atoms with E-state index < -0.39 is 11.8 Å². The molecule has 150 valence electrons. The van der Waals surface area contributed by atoms with Gasteiger partial charge >= 0.3 is 11.8 Å². The molecule has 1 saturated heterocycles. The van der Waals surface area contributed by atoms with Crippen molar-refractivity contribution >= 4 is 23.2 Å². The number of nitrogens with zero attached hydrogens (tertiary/aromatic N) is 2. The van der Waals surface area contributed by atoms with Gasteiger partial charge in [-0.25, -0.2) is 4.39 Å². The Hall–Kier alpha value is -2.29. The topological polar surface area (TPSA) is 64.7 Å². The van der Waals surface area contributed by atoms with Crippen molar-refractivity contribution in [1.29, 1.82) is 0 Å². The lowest BCUT2D eigenvalue weighted by Crippen LogP contribution is -2.49. The van der Waals surface area contributed by atoms with Gasteiger partial charge in [0, 0.05) is 39.3 Å². The van der Waals surface area contributed by atoms with E-state index in [1.54, 1.807) is 23.5 Å². The summed E-state index contributed by atoms with van der Waals surface area (Å²) in [7, 11) is 2.10. The molecule has 2 amide bonds. The minimum Gasteiger partial charge on any atom is -0.346 e. The van der Waals surface area contributed by atoms with Crippen molar-refractivity contribution in [2.75, 3.05) is 39.8 Å². The van der Waals surface area contributed by atoms with Crippen molar-refractivity contribution in [3.8, 4) is 0 Å². The number of likely N-dealkylation sites (N-methyl/N-ethyl adjacent to an activating group) is 1. The van der Waals surface area contributed by atoms with E-state index in [0.29, 0.717) is 6.54 Å². The maximum absolute atomic E-state index is 12.9. The molecule has 8 heteroatoms. The maximum atomic E-state index is 12.9. The van der Waals surface area contributed by atoms with Crippen molar-refractivity contribution in [2.24, 2.45) is 0 Å². The van der Waals surface area contributed by atoms with Crippen LogP contribution in [-0.4, -0.2) is 61.4 Å². The molecule has 2 heterocycles. The van der Waals surface area contributed by atoms with Crippen molar-refractivity contribution in [1.82, 2.24) is 20.4 Å². The molecular formula is C20H25FN4O2S. The predicted octanol–water partition coefficient (Wildman–Crippen LogP) is 1.61. The van der Waals surface area contributed by atoms with E-state index in [0.717, 1.165) is 37.3 Å². The molecule has 1 atom stereocenters. The lowest BCUT2D eigenvalue weighted by molar-refractivity contribution is -0.139. The summed E-state index contributed by atoms with van der Waals surface area (Å²) in [5.74, 6) is -1.68. The first kappa shape index (κ1) is 20.4. The van der Waals surface area contributed by atoms with Crippen LogP contribution in [0.2, 0.25) is 0 Å². The molecule has 0 spiro atoms. The molecular weight excluding hydrogens is 379 g/mol. The summed E-state index contributed by atoms with van der Waals surface area (Å²) < 4.78 is 12.9. The van der Waals surface area contributed by atoms with Crippen LogP contribution in [-0.2, 0) is 16.1 Å². The van der Waals surface area contributed by atoms with Gasteiger partial charge in [-0.1, -0.05) is 12.1 Å². The minimum absolute atomic E-state index is 0.0498. The van der Waals surface area contributed by atoms with E-state index in [2.05, 4.69) is 38.9 Å². The van der Waals surface area contributed by atoms with Crippen LogP contribution in [0, 0.1) is 5.82 Å². The fourth-order valence-electron chi connectivity index (χ4n) is 3.19. The largest absolute Gasteiger partial charge is 0.346 e. The summed E-state index contributed by atoms with van der Waals surface area (Å²) in [4.78, 5) is 28.9. The van der Waals surface area contributed by atoms with Gasteiger partial charge in [0.1, 0.15) is 5.82 Å². The van der Waals surface area contributed by atoms with Crippen LogP contribution < -0.4 is 10.6 Å². The number of carbonyl (C=O) groups is 2. The highest BCUT2D eigenvalue weighted by atomic mass is 32.1. The Labute approximate surface area is 168 Å². The fourth-order valence-corrected chi connectivity index (χ4v) is 3.90. The van der Waals surface area contributed by atoms with Gasteiger partial charge in [-0.05, 0) is 47.1 Å². The van der Waals surface area contributed by atoms with Crippen LogP contribution in [0.15, 0.2) is 41.1 Å². The van der Waals surface area contributed by atoms with Gasteiger partial charge in [0.2, 0.25) is 0 Å². The minimum atomic E-state index is -0.688. The molecule has 1 unspecified atom stereocenters. The molecule has 2 aromatic rings.